The standard InChI is InChI=1S/C8H13Cl/c1-3-4-5-6-8(2)7-9/h1,8H,4-7H2,2H3. The molecule has 0 spiro atoms. The third kappa shape index (κ3) is 5.73. The molecular formula is C8H13Cl. The molecule has 0 amide bonds. The van der Waals surface area contributed by atoms with Gasteiger partial charge in [-0.05, 0) is 18.8 Å². The van der Waals surface area contributed by atoms with Crippen LogP contribution in [-0.4, -0.2) is 5.88 Å². The Hall–Kier alpha value is -0.150. The first-order valence-electron chi connectivity index (χ1n) is 3.30. The average molecular weight is 145 g/mol. The predicted octanol–water partition coefficient (Wildman–Crippen LogP) is 2.66. The minimum Gasteiger partial charge on any atom is -0.126 e. The molecule has 52 valence electrons. The highest BCUT2D eigenvalue weighted by molar-refractivity contribution is 6.18. The fraction of sp³-hybridized carbons (Fsp3) is 0.750. The van der Waals surface area contributed by atoms with Gasteiger partial charge in [-0.15, -0.1) is 23.9 Å². The Labute approximate surface area is 62.6 Å². The monoisotopic (exact) mass is 144 g/mol. The molecule has 0 saturated carbocycles. The molecule has 0 aromatic rings. The minimum atomic E-state index is 0.625. The minimum absolute atomic E-state index is 0.625. The Balaban J connectivity index is 2.99. The fourth-order valence-electron chi connectivity index (χ4n) is 0.630. The van der Waals surface area contributed by atoms with Crippen LogP contribution in [0.25, 0.3) is 0 Å². The van der Waals surface area contributed by atoms with Gasteiger partial charge in [-0.1, -0.05) is 6.92 Å². The molecule has 0 aromatic carbocycles. The van der Waals surface area contributed by atoms with Gasteiger partial charge in [-0.2, -0.15) is 0 Å². The summed E-state index contributed by atoms with van der Waals surface area (Å²) in [6.07, 6.45) is 8.24. The molecule has 0 radical (unpaired) electrons. The van der Waals surface area contributed by atoms with E-state index in [2.05, 4.69) is 12.8 Å². The van der Waals surface area contributed by atoms with Gasteiger partial charge in [0.1, 0.15) is 0 Å². The zero-order chi connectivity index (χ0) is 7.11. The number of halogens is 1. The number of rotatable bonds is 4. The van der Waals surface area contributed by atoms with E-state index in [-0.39, 0.29) is 0 Å². The number of terminal acetylenes is 1. The van der Waals surface area contributed by atoms with Crippen LogP contribution in [0.15, 0.2) is 0 Å². The van der Waals surface area contributed by atoms with Crippen molar-refractivity contribution >= 4 is 11.6 Å². The first-order valence-corrected chi connectivity index (χ1v) is 3.84. The summed E-state index contributed by atoms with van der Waals surface area (Å²) in [6, 6.07) is 0. The lowest BCUT2D eigenvalue weighted by Crippen LogP contribution is -1.94. The van der Waals surface area contributed by atoms with E-state index in [0.717, 1.165) is 25.1 Å². The molecule has 0 bridgehead atoms. The molecule has 0 aliphatic rings. The summed E-state index contributed by atoms with van der Waals surface area (Å²) in [6.45, 7) is 2.14. The van der Waals surface area contributed by atoms with Crippen LogP contribution < -0.4 is 0 Å². The van der Waals surface area contributed by atoms with Gasteiger partial charge in [0.25, 0.3) is 0 Å². The van der Waals surface area contributed by atoms with Crippen molar-refractivity contribution in [1.82, 2.24) is 0 Å². The summed E-state index contributed by atoms with van der Waals surface area (Å²) in [5.74, 6) is 3.98. The number of hydrogen-bond acceptors (Lipinski definition) is 0. The van der Waals surface area contributed by atoms with Crippen LogP contribution in [0.3, 0.4) is 0 Å². The Kier molecular flexibility index (Phi) is 5.88. The molecule has 0 heterocycles. The molecule has 0 fully saturated rings. The third-order valence-electron chi connectivity index (χ3n) is 1.28. The highest BCUT2D eigenvalue weighted by Crippen LogP contribution is 2.08. The molecule has 1 atom stereocenters. The van der Waals surface area contributed by atoms with Gasteiger partial charge in [0.2, 0.25) is 0 Å². The van der Waals surface area contributed by atoms with Crippen molar-refractivity contribution in [1.29, 1.82) is 0 Å². The molecule has 9 heavy (non-hydrogen) atoms. The van der Waals surface area contributed by atoms with Crippen molar-refractivity contribution in [2.75, 3.05) is 5.88 Å². The topological polar surface area (TPSA) is 0 Å². The summed E-state index contributed by atoms with van der Waals surface area (Å²) >= 11 is 5.58. The molecule has 0 aliphatic heterocycles. The lowest BCUT2D eigenvalue weighted by Gasteiger charge is -2.02. The summed E-state index contributed by atoms with van der Waals surface area (Å²) in [7, 11) is 0. The fourth-order valence-corrected chi connectivity index (χ4v) is 0.784. The van der Waals surface area contributed by atoms with E-state index in [1.54, 1.807) is 0 Å². The quantitative estimate of drug-likeness (QED) is 0.323. The van der Waals surface area contributed by atoms with Gasteiger partial charge in [0.15, 0.2) is 0 Å². The SMILES string of the molecule is C#CCCCC(C)CCl. The smallest absolute Gasteiger partial charge is 0.0249 e. The van der Waals surface area contributed by atoms with Crippen molar-refractivity contribution in [3.8, 4) is 12.3 Å². The maximum Gasteiger partial charge on any atom is 0.0249 e. The van der Waals surface area contributed by atoms with Crippen LogP contribution in [0.5, 0.6) is 0 Å². The zero-order valence-corrected chi connectivity index (χ0v) is 6.62. The van der Waals surface area contributed by atoms with E-state index in [4.69, 9.17) is 18.0 Å². The first-order chi connectivity index (χ1) is 4.31. The van der Waals surface area contributed by atoms with Crippen molar-refractivity contribution in [2.24, 2.45) is 5.92 Å². The third-order valence-corrected chi connectivity index (χ3v) is 1.81. The molecule has 0 aromatic heterocycles. The summed E-state index contributed by atoms with van der Waals surface area (Å²) in [5.41, 5.74) is 0. The maximum atomic E-state index is 5.58. The molecule has 0 rings (SSSR count). The largest absolute Gasteiger partial charge is 0.126 e. The lowest BCUT2D eigenvalue weighted by atomic mass is 10.1. The summed E-state index contributed by atoms with van der Waals surface area (Å²) in [5, 5.41) is 0. The van der Waals surface area contributed by atoms with Crippen LogP contribution in [0.1, 0.15) is 26.2 Å². The Bertz CT molecular complexity index is 91.2. The highest BCUT2D eigenvalue weighted by Gasteiger charge is 1.96. The maximum absolute atomic E-state index is 5.58. The van der Waals surface area contributed by atoms with E-state index in [9.17, 15) is 0 Å². The van der Waals surface area contributed by atoms with Crippen LogP contribution >= 0.6 is 11.6 Å². The van der Waals surface area contributed by atoms with Gasteiger partial charge in [0.05, 0.1) is 0 Å². The number of hydrogen-bond donors (Lipinski definition) is 0. The molecule has 0 aliphatic carbocycles. The van der Waals surface area contributed by atoms with Crippen LogP contribution in [0.4, 0.5) is 0 Å². The Morgan fingerprint density at radius 3 is 2.78 bits per heavy atom. The van der Waals surface area contributed by atoms with Crippen LogP contribution in [0, 0.1) is 18.3 Å². The molecular weight excluding hydrogens is 132 g/mol. The summed E-state index contributed by atoms with van der Waals surface area (Å²) < 4.78 is 0. The van der Waals surface area contributed by atoms with Crippen LogP contribution in [0.2, 0.25) is 0 Å². The first kappa shape index (κ1) is 8.85. The van der Waals surface area contributed by atoms with E-state index < -0.39 is 0 Å². The van der Waals surface area contributed by atoms with Crippen molar-refractivity contribution < 1.29 is 0 Å². The Morgan fingerprint density at radius 1 is 1.67 bits per heavy atom. The van der Waals surface area contributed by atoms with Crippen molar-refractivity contribution in [2.45, 2.75) is 26.2 Å². The number of alkyl halides is 1. The van der Waals surface area contributed by atoms with Crippen molar-refractivity contribution in [3.63, 3.8) is 0 Å². The highest BCUT2D eigenvalue weighted by atomic mass is 35.5. The van der Waals surface area contributed by atoms with Gasteiger partial charge >= 0.3 is 0 Å². The predicted molar refractivity (Wildman–Crippen MR) is 42.6 cm³/mol. The second-order valence-corrected chi connectivity index (χ2v) is 2.66. The lowest BCUT2D eigenvalue weighted by molar-refractivity contribution is 0.568. The second kappa shape index (κ2) is 5.98. The van der Waals surface area contributed by atoms with E-state index in [1.165, 1.54) is 0 Å². The molecule has 1 unspecified atom stereocenters. The van der Waals surface area contributed by atoms with Gasteiger partial charge in [0, 0.05) is 12.3 Å². The number of unbranched alkanes of at least 4 members (excludes halogenated alkanes) is 1. The normalized spacial score (nSPS) is 12.6. The summed E-state index contributed by atoms with van der Waals surface area (Å²) in [4.78, 5) is 0. The Morgan fingerprint density at radius 2 is 2.33 bits per heavy atom. The van der Waals surface area contributed by atoms with Gasteiger partial charge in [-0.3, -0.25) is 0 Å². The van der Waals surface area contributed by atoms with E-state index >= 15 is 0 Å². The van der Waals surface area contributed by atoms with Gasteiger partial charge < -0.3 is 0 Å². The molecule has 0 N–H and O–H groups in total. The van der Waals surface area contributed by atoms with Gasteiger partial charge in [-0.25, -0.2) is 0 Å². The molecule has 0 saturated heterocycles. The van der Waals surface area contributed by atoms with Crippen molar-refractivity contribution in [3.05, 3.63) is 0 Å². The molecule has 1 heteroatoms. The van der Waals surface area contributed by atoms with Crippen LogP contribution in [-0.2, 0) is 0 Å². The second-order valence-electron chi connectivity index (χ2n) is 2.36. The van der Waals surface area contributed by atoms with E-state index in [1.807, 2.05) is 0 Å². The zero-order valence-electron chi connectivity index (χ0n) is 5.86. The average Bonchev–Trinajstić information content (AvgIpc) is 1.89. The molecule has 0 nitrogen and oxygen atoms in total. The van der Waals surface area contributed by atoms with E-state index in [0.29, 0.717) is 5.92 Å².